The van der Waals surface area contributed by atoms with Crippen LogP contribution in [0, 0.1) is 6.92 Å². The lowest BCUT2D eigenvalue weighted by Crippen LogP contribution is -2.49. The second kappa shape index (κ2) is 8.45. The molecule has 0 saturated carbocycles. The van der Waals surface area contributed by atoms with Crippen molar-refractivity contribution in [2.75, 3.05) is 32.7 Å². The average Bonchev–Trinajstić information content (AvgIpc) is 2.74. The fourth-order valence-electron chi connectivity index (χ4n) is 3.60. The number of carbonyl (C=O) groups excluding carboxylic acids is 1. The zero-order valence-electron chi connectivity index (χ0n) is 16.5. The normalized spacial score (nSPS) is 15.3. The molecule has 1 saturated heterocycles. The number of fused-ring (bicyclic) bond motifs is 1. The van der Waals surface area contributed by atoms with E-state index in [1.54, 1.807) is 17.0 Å². The molecule has 0 bridgehead atoms. The molecule has 0 unspecified atom stereocenters. The highest BCUT2D eigenvalue weighted by Crippen LogP contribution is 2.17. The van der Waals surface area contributed by atoms with Crippen molar-refractivity contribution in [1.82, 2.24) is 9.80 Å². The summed E-state index contributed by atoms with van der Waals surface area (Å²) in [6.45, 7) is 5.57. The largest absolute Gasteiger partial charge is 0.422 e. The minimum atomic E-state index is -0.570. The van der Waals surface area contributed by atoms with Crippen LogP contribution in [0.5, 0.6) is 0 Å². The van der Waals surface area contributed by atoms with Gasteiger partial charge in [0.1, 0.15) is 11.1 Å². The lowest BCUT2D eigenvalue weighted by molar-refractivity contribution is 0.0646. The lowest BCUT2D eigenvalue weighted by Gasteiger charge is -2.34. The molecule has 2 aromatic carbocycles. The first-order valence-corrected chi connectivity index (χ1v) is 9.88. The van der Waals surface area contributed by atoms with E-state index in [1.165, 1.54) is 5.56 Å². The topological polar surface area (TPSA) is 53.8 Å². The van der Waals surface area contributed by atoms with Crippen molar-refractivity contribution in [3.8, 4) is 0 Å². The molecule has 0 spiro atoms. The van der Waals surface area contributed by atoms with Gasteiger partial charge in [-0.3, -0.25) is 9.69 Å². The summed E-state index contributed by atoms with van der Waals surface area (Å²) < 4.78 is 5.35. The fraction of sp³-hybridized carbons (Fsp3) is 0.250. The van der Waals surface area contributed by atoms with Crippen molar-refractivity contribution < 1.29 is 9.21 Å². The van der Waals surface area contributed by atoms with Crippen LogP contribution in [0.2, 0.25) is 0 Å². The molecule has 1 aliphatic rings. The van der Waals surface area contributed by atoms with Gasteiger partial charge in [0.2, 0.25) is 0 Å². The molecular weight excluding hydrogens is 364 g/mol. The van der Waals surface area contributed by atoms with E-state index in [2.05, 4.69) is 29.2 Å². The molecule has 1 amide bonds. The molecule has 0 atom stereocenters. The Kier molecular flexibility index (Phi) is 5.58. The monoisotopic (exact) mass is 388 g/mol. The van der Waals surface area contributed by atoms with Crippen LogP contribution in [0.25, 0.3) is 17.0 Å². The van der Waals surface area contributed by atoms with Crippen molar-refractivity contribution in [2.24, 2.45) is 0 Å². The van der Waals surface area contributed by atoms with Crippen LogP contribution in [0.1, 0.15) is 21.5 Å². The Labute approximate surface area is 169 Å². The Morgan fingerprint density at radius 1 is 1.03 bits per heavy atom. The molecule has 1 fully saturated rings. The molecular formula is C24H24N2O3. The zero-order chi connectivity index (χ0) is 20.2. The summed E-state index contributed by atoms with van der Waals surface area (Å²) in [7, 11) is 0. The van der Waals surface area contributed by atoms with Gasteiger partial charge in [0.15, 0.2) is 0 Å². The van der Waals surface area contributed by atoms with Gasteiger partial charge in [-0.05, 0) is 30.7 Å². The van der Waals surface area contributed by atoms with E-state index < -0.39 is 5.63 Å². The highest BCUT2D eigenvalue weighted by molar-refractivity contribution is 5.96. The maximum Gasteiger partial charge on any atom is 0.349 e. The van der Waals surface area contributed by atoms with Gasteiger partial charge in [-0.2, -0.15) is 0 Å². The average molecular weight is 388 g/mol. The van der Waals surface area contributed by atoms with E-state index in [-0.39, 0.29) is 11.5 Å². The second-order valence-electron chi connectivity index (χ2n) is 7.39. The molecule has 29 heavy (non-hydrogen) atoms. The Bertz CT molecular complexity index is 1090. The Morgan fingerprint density at radius 2 is 1.79 bits per heavy atom. The van der Waals surface area contributed by atoms with Gasteiger partial charge in [-0.1, -0.05) is 54.1 Å². The number of hydrogen-bond acceptors (Lipinski definition) is 4. The number of aryl methyl sites for hydroxylation is 1. The molecule has 0 aliphatic carbocycles. The van der Waals surface area contributed by atoms with Gasteiger partial charge in [-0.15, -0.1) is 0 Å². The predicted molar refractivity (Wildman–Crippen MR) is 115 cm³/mol. The molecule has 0 N–H and O–H groups in total. The molecule has 5 heteroatoms. The van der Waals surface area contributed by atoms with Crippen molar-refractivity contribution in [3.63, 3.8) is 0 Å². The van der Waals surface area contributed by atoms with E-state index >= 15 is 0 Å². The summed E-state index contributed by atoms with van der Waals surface area (Å²) in [4.78, 5) is 29.2. The smallest absolute Gasteiger partial charge is 0.349 e. The van der Waals surface area contributed by atoms with E-state index in [0.717, 1.165) is 30.6 Å². The SMILES string of the molecule is Cc1ccc2oc(=O)c(C(=O)N3CCN(C/C=C/c4ccccc4)CC3)cc2c1. The summed E-state index contributed by atoms with van der Waals surface area (Å²) in [6.07, 6.45) is 4.26. The van der Waals surface area contributed by atoms with Gasteiger partial charge >= 0.3 is 5.63 Å². The van der Waals surface area contributed by atoms with Crippen molar-refractivity contribution >= 4 is 23.0 Å². The number of piperazine rings is 1. The number of nitrogens with zero attached hydrogens (tertiary/aromatic N) is 2. The van der Waals surface area contributed by atoms with Gasteiger partial charge < -0.3 is 9.32 Å². The number of benzene rings is 2. The number of hydrogen-bond donors (Lipinski definition) is 0. The first-order valence-electron chi connectivity index (χ1n) is 9.88. The Morgan fingerprint density at radius 3 is 2.55 bits per heavy atom. The van der Waals surface area contributed by atoms with Crippen LogP contribution in [0.15, 0.2) is 69.9 Å². The number of amides is 1. The Hall–Kier alpha value is -3.18. The third-order valence-electron chi connectivity index (χ3n) is 5.25. The molecule has 5 nitrogen and oxygen atoms in total. The van der Waals surface area contributed by atoms with Crippen molar-refractivity contribution in [2.45, 2.75) is 6.92 Å². The van der Waals surface area contributed by atoms with Gasteiger partial charge in [0, 0.05) is 38.1 Å². The van der Waals surface area contributed by atoms with Crippen LogP contribution in [0.4, 0.5) is 0 Å². The van der Waals surface area contributed by atoms with Gasteiger partial charge in [-0.25, -0.2) is 4.79 Å². The third-order valence-corrected chi connectivity index (χ3v) is 5.25. The Balaban J connectivity index is 1.39. The summed E-state index contributed by atoms with van der Waals surface area (Å²) in [6, 6.07) is 17.4. The summed E-state index contributed by atoms with van der Waals surface area (Å²) in [5, 5.41) is 0.776. The summed E-state index contributed by atoms with van der Waals surface area (Å²) >= 11 is 0. The first-order chi connectivity index (χ1) is 14.1. The highest BCUT2D eigenvalue weighted by Gasteiger charge is 2.24. The molecule has 2 heterocycles. The van der Waals surface area contributed by atoms with Crippen LogP contribution >= 0.6 is 0 Å². The number of rotatable bonds is 4. The summed E-state index contributed by atoms with van der Waals surface area (Å²) in [5.41, 5.74) is 2.29. The van der Waals surface area contributed by atoms with E-state index in [0.29, 0.717) is 18.7 Å². The number of carbonyl (C=O) groups is 1. The van der Waals surface area contributed by atoms with Crippen LogP contribution in [-0.2, 0) is 0 Å². The maximum atomic E-state index is 12.9. The predicted octanol–water partition coefficient (Wildman–Crippen LogP) is 3.57. The van der Waals surface area contributed by atoms with Crippen molar-refractivity contribution in [3.05, 3.63) is 87.8 Å². The molecule has 1 aliphatic heterocycles. The fourth-order valence-corrected chi connectivity index (χ4v) is 3.60. The van der Waals surface area contributed by atoms with E-state index in [4.69, 9.17) is 4.42 Å². The second-order valence-corrected chi connectivity index (χ2v) is 7.39. The molecule has 4 rings (SSSR count). The molecule has 3 aromatic rings. The minimum Gasteiger partial charge on any atom is -0.422 e. The third kappa shape index (κ3) is 4.46. The first kappa shape index (κ1) is 19.2. The van der Waals surface area contributed by atoms with Crippen molar-refractivity contribution in [1.29, 1.82) is 0 Å². The molecule has 148 valence electrons. The van der Waals surface area contributed by atoms with Gasteiger partial charge in [0.05, 0.1) is 0 Å². The van der Waals surface area contributed by atoms with E-state index in [1.807, 2.05) is 37.3 Å². The zero-order valence-corrected chi connectivity index (χ0v) is 16.5. The highest BCUT2D eigenvalue weighted by atomic mass is 16.4. The molecule has 0 radical (unpaired) electrons. The quantitative estimate of drug-likeness (QED) is 0.641. The van der Waals surface area contributed by atoms with Crippen LogP contribution < -0.4 is 5.63 Å². The minimum absolute atomic E-state index is 0.112. The maximum absolute atomic E-state index is 12.9. The van der Waals surface area contributed by atoms with Gasteiger partial charge in [0.25, 0.3) is 5.91 Å². The van der Waals surface area contributed by atoms with Crippen LogP contribution in [0.3, 0.4) is 0 Å². The lowest BCUT2D eigenvalue weighted by atomic mass is 10.1. The van der Waals surface area contributed by atoms with E-state index in [9.17, 15) is 9.59 Å². The standard InChI is InChI=1S/C24H24N2O3/c1-18-9-10-22-20(16-18)17-21(24(28)29-22)23(27)26-14-12-25(13-15-26)11-5-8-19-6-3-2-4-7-19/h2-10,16-17H,11-15H2,1H3/b8-5+. The molecule has 1 aromatic heterocycles. The summed E-state index contributed by atoms with van der Waals surface area (Å²) in [5.74, 6) is -0.248. The van der Waals surface area contributed by atoms with Crippen LogP contribution in [-0.4, -0.2) is 48.4 Å².